The predicted molar refractivity (Wildman–Crippen MR) is 71.0 cm³/mol. The van der Waals surface area contributed by atoms with Crippen molar-refractivity contribution in [1.82, 2.24) is 0 Å². The summed E-state index contributed by atoms with van der Waals surface area (Å²) in [5.74, 6) is 0.376. The zero-order chi connectivity index (χ0) is 13.7. The summed E-state index contributed by atoms with van der Waals surface area (Å²) in [7, 11) is 3.10. The van der Waals surface area contributed by atoms with Crippen LogP contribution in [-0.4, -0.2) is 25.3 Å². The molecule has 0 aliphatic rings. The van der Waals surface area contributed by atoms with Gasteiger partial charge in [-0.15, -0.1) is 0 Å². The van der Waals surface area contributed by atoms with Gasteiger partial charge in [-0.1, -0.05) is 0 Å². The van der Waals surface area contributed by atoms with Gasteiger partial charge in [0, 0.05) is 18.0 Å². The van der Waals surface area contributed by atoms with E-state index in [1.807, 2.05) is 0 Å². The van der Waals surface area contributed by atoms with Crippen LogP contribution < -0.4 is 15.2 Å². The van der Waals surface area contributed by atoms with Crippen molar-refractivity contribution in [2.75, 3.05) is 14.2 Å². The van der Waals surface area contributed by atoms with Gasteiger partial charge in [0.05, 0.1) is 18.7 Å². The van der Waals surface area contributed by atoms with Crippen LogP contribution in [0.25, 0.3) is 0 Å². The van der Waals surface area contributed by atoms with Crippen LogP contribution in [0.4, 0.5) is 0 Å². The summed E-state index contributed by atoms with van der Waals surface area (Å²) < 4.78 is 11.1. The Morgan fingerprint density at radius 2 is 1.94 bits per heavy atom. The summed E-state index contributed by atoms with van der Waals surface area (Å²) in [5, 5.41) is 8.68. The van der Waals surface area contributed by atoms with Crippen molar-refractivity contribution in [3.63, 3.8) is 0 Å². The zero-order valence-electron chi connectivity index (χ0n) is 10.3. The van der Waals surface area contributed by atoms with Crippen molar-refractivity contribution >= 4 is 21.9 Å². The van der Waals surface area contributed by atoms with Gasteiger partial charge in [-0.05, 0) is 34.5 Å². The van der Waals surface area contributed by atoms with Crippen molar-refractivity contribution in [1.29, 1.82) is 0 Å². The summed E-state index contributed by atoms with van der Waals surface area (Å²) in [6.07, 6.45) is 0.339. The first-order valence-corrected chi connectivity index (χ1v) is 6.18. The molecule has 0 saturated heterocycles. The fraction of sp³-hybridized carbons (Fsp3) is 0.417. The molecular weight excluding hydrogens is 302 g/mol. The predicted octanol–water partition coefficient (Wildman–Crippen LogP) is 2.33. The Morgan fingerprint density at radius 1 is 1.39 bits per heavy atom. The monoisotopic (exact) mass is 317 g/mol. The van der Waals surface area contributed by atoms with Crippen LogP contribution in [0.2, 0.25) is 0 Å². The molecule has 1 rings (SSSR count). The van der Waals surface area contributed by atoms with Crippen LogP contribution in [0.3, 0.4) is 0 Å². The molecule has 100 valence electrons. The highest BCUT2D eigenvalue weighted by Gasteiger charge is 2.19. The van der Waals surface area contributed by atoms with E-state index < -0.39 is 12.0 Å². The van der Waals surface area contributed by atoms with Crippen LogP contribution in [0.5, 0.6) is 11.5 Å². The van der Waals surface area contributed by atoms with E-state index in [4.69, 9.17) is 20.3 Å². The summed E-state index contributed by atoms with van der Waals surface area (Å²) in [4.78, 5) is 10.6. The molecule has 0 fully saturated rings. The molecule has 0 aliphatic carbocycles. The number of carbonyl (C=O) groups is 1. The third kappa shape index (κ3) is 3.36. The van der Waals surface area contributed by atoms with E-state index in [2.05, 4.69) is 15.9 Å². The van der Waals surface area contributed by atoms with Gasteiger partial charge >= 0.3 is 5.97 Å². The zero-order valence-corrected chi connectivity index (χ0v) is 11.9. The first kappa shape index (κ1) is 14.8. The molecule has 0 aliphatic heterocycles. The van der Waals surface area contributed by atoms with Crippen molar-refractivity contribution in [2.24, 2.45) is 5.73 Å². The Morgan fingerprint density at radius 3 is 2.44 bits per heavy atom. The molecule has 0 amide bonds. The molecule has 0 aromatic heterocycles. The van der Waals surface area contributed by atoms with Gasteiger partial charge < -0.3 is 20.3 Å². The molecule has 0 bridgehead atoms. The second-order valence-corrected chi connectivity index (χ2v) is 4.53. The Bertz CT molecular complexity index is 436. The second-order valence-electron chi connectivity index (χ2n) is 3.74. The van der Waals surface area contributed by atoms with E-state index in [1.165, 1.54) is 0 Å². The van der Waals surface area contributed by atoms with Gasteiger partial charge in [-0.3, -0.25) is 4.79 Å². The third-order valence-corrected chi connectivity index (χ3v) is 3.40. The maximum Gasteiger partial charge on any atom is 0.303 e. The molecule has 1 atom stereocenters. The van der Waals surface area contributed by atoms with Crippen LogP contribution in [0.1, 0.15) is 24.4 Å². The van der Waals surface area contributed by atoms with Gasteiger partial charge in [-0.25, -0.2) is 0 Å². The summed E-state index contributed by atoms with van der Waals surface area (Å²) in [6, 6.07) is 3.08. The SMILES string of the molecule is COc1ccc(OC)c(C(N)CCC(=O)O)c1Br. The number of methoxy groups -OCH3 is 2. The number of hydrogen-bond acceptors (Lipinski definition) is 4. The summed E-state index contributed by atoms with van der Waals surface area (Å²) in [5.41, 5.74) is 6.74. The molecule has 0 radical (unpaired) electrons. The smallest absolute Gasteiger partial charge is 0.303 e. The third-order valence-electron chi connectivity index (χ3n) is 2.58. The lowest BCUT2D eigenvalue weighted by Gasteiger charge is -2.18. The fourth-order valence-electron chi connectivity index (χ4n) is 1.66. The Hall–Kier alpha value is -1.27. The van der Waals surface area contributed by atoms with Gasteiger partial charge in [0.25, 0.3) is 0 Å². The van der Waals surface area contributed by atoms with Crippen LogP contribution >= 0.6 is 15.9 Å². The normalized spacial score (nSPS) is 12.0. The molecule has 0 saturated carbocycles. The van der Waals surface area contributed by atoms with Crippen molar-refractivity contribution in [3.05, 3.63) is 22.2 Å². The van der Waals surface area contributed by atoms with Gasteiger partial charge in [0.2, 0.25) is 0 Å². The lowest BCUT2D eigenvalue weighted by Crippen LogP contribution is -2.14. The molecule has 0 spiro atoms. The van der Waals surface area contributed by atoms with E-state index in [0.29, 0.717) is 22.4 Å². The number of rotatable bonds is 6. The van der Waals surface area contributed by atoms with Crippen molar-refractivity contribution in [2.45, 2.75) is 18.9 Å². The summed E-state index contributed by atoms with van der Waals surface area (Å²) in [6.45, 7) is 0. The molecule has 0 heterocycles. The fourth-order valence-corrected chi connectivity index (χ4v) is 2.44. The second kappa shape index (κ2) is 6.61. The minimum atomic E-state index is -0.872. The number of ether oxygens (including phenoxy) is 2. The maximum atomic E-state index is 10.6. The van der Waals surface area contributed by atoms with E-state index in [0.717, 1.165) is 5.56 Å². The first-order valence-electron chi connectivity index (χ1n) is 5.39. The van der Waals surface area contributed by atoms with Crippen LogP contribution in [0, 0.1) is 0 Å². The highest BCUT2D eigenvalue weighted by atomic mass is 79.9. The number of carboxylic acid groups (broad SMARTS) is 1. The van der Waals surface area contributed by atoms with Crippen LogP contribution in [0.15, 0.2) is 16.6 Å². The topological polar surface area (TPSA) is 81.8 Å². The number of nitrogens with two attached hydrogens (primary N) is 1. The average Bonchev–Trinajstić information content (AvgIpc) is 2.35. The molecule has 1 unspecified atom stereocenters. The lowest BCUT2D eigenvalue weighted by molar-refractivity contribution is -0.137. The molecule has 3 N–H and O–H groups in total. The minimum absolute atomic E-state index is 0.00791. The highest BCUT2D eigenvalue weighted by Crippen LogP contribution is 2.39. The Labute approximate surface area is 114 Å². The number of hydrogen-bond donors (Lipinski definition) is 2. The Balaban J connectivity index is 3.07. The molecule has 1 aromatic carbocycles. The average molecular weight is 318 g/mol. The number of carboxylic acids is 1. The van der Waals surface area contributed by atoms with E-state index in [1.54, 1.807) is 26.4 Å². The number of aliphatic carboxylic acids is 1. The van der Waals surface area contributed by atoms with Crippen molar-refractivity contribution in [3.8, 4) is 11.5 Å². The summed E-state index contributed by atoms with van der Waals surface area (Å²) >= 11 is 3.41. The maximum absolute atomic E-state index is 10.6. The van der Waals surface area contributed by atoms with Gasteiger partial charge in [0.15, 0.2) is 0 Å². The number of benzene rings is 1. The Kier molecular flexibility index (Phi) is 5.43. The van der Waals surface area contributed by atoms with Gasteiger partial charge in [0.1, 0.15) is 11.5 Å². The largest absolute Gasteiger partial charge is 0.496 e. The molecular formula is C12H16BrNO4. The van der Waals surface area contributed by atoms with E-state index >= 15 is 0 Å². The number of halogens is 1. The van der Waals surface area contributed by atoms with Crippen LogP contribution in [-0.2, 0) is 4.79 Å². The first-order chi connectivity index (χ1) is 8.51. The molecule has 6 heteroatoms. The standard InChI is InChI=1S/C12H16BrNO4/c1-17-8-4-5-9(18-2)12(13)11(8)7(14)3-6-10(15)16/h4-5,7H,3,6,14H2,1-2H3,(H,15,16). The van der Waals surface area contributed by atoms with E-state index in [-0.39, 0.29) is 6.42 Å². The minimum Gasteiger partial charge on any atom is -0.496 e. The molecule has 5 nitrogen and oxygen atoms in total. The highest BCUT2D eigenvalue weighted by molar-refractivity contribution is 9.10. The lowest BCUT2D eigenvalue weighted by atomic mass is 10.0. The van der Waals surface area contributed by atoms with Crippen molar-refractivity contribution < 1.29 is 19.4 Å². The van der Waals surface area contributed by atoms with E-state index in [9.17, 15) is 4.79 Å². The molecule has 18 heavy (non-hydrogen) atoms. The van der Waals surface area contributed by atoms with Gasteiger partial charge in [-0.2, -0.15) is 0 Å². The quantitative estimate of drug-likeness (QED) is 0.841. The molecule has 1 aromatic rings.